The lowest BCUT2D eigenvalue weighted by atomic mass is 9.78. The average Bonchev–Trinajstić information content (AvgIpc) is 2.34. The summed E-state index contributed by atoms with van der Waals surface area (Å²) in [6.07, 6.45) is 0. The first kappa shape index (κ1) is 6.70. The van der Waals surface area contributed by atoms with E-state index in [2.05, 4.69) is 0 Å². The van der Waals surface area contributed by atoms with Crippen molar-refractivity contribution in [2.75, 3.05) is 5.73 Å². The molecular formula is C7H8BNO2. The van der Waals surface area contributed by atoms with Crippen LogP contribution in [0.3, 0.4) is 0 Å². The Balaban J connectivity index is 2.58. The van der Waals surface area contributed by atoms with Gasteiger partial charge in [-0.3, -0.25) is 0 Å². The number of rotatable bonds is 0. The third-order valence-electron chi connectivity index (χ3n) is 1.87. The van der Waals surface area contributed by atoms with Gasteiger partial charge in [0.1, 0.15) is 0 Å². The smallest absolute Gasteiger partial charge is 0.423 e. The Bertz CT molecular complexity index is 290. The number of anilines is 1. The molecule has 0 fully saturated rings. The lowest BCUT2D eigenvalue weighted by Gasteiger charge is -2.00. The van der Waals surface area contributed by atoms with Gasteiger partial charge < -0.3 is 15.4 Å². The first-order valence-corrected chi connectivity index (χ1v) is 3.46. The molecule has 0 aromatic heterocycles. The van der Waals surface area contributed by atoms with Gasteiger partial charge in [0.15, 0.2) is 0 Å². The number of nitrogen functional groups attached to an aromatic ring is 1. The molecule has 0 unspecified atom stereocenters. The van der Waals surface area contributed by atoms with Crippen LogP contribution >= 0.6 is 0 Å². The van der Waals surface area contributed by atoms with Gasteiger partial charge in [-0.2, -0.15) is 0 Å². The minimum Gasteiger partial charge on any atom is -0.423 e. The van der Waals surface area contributed by atoms with Crippen molar-refractivity contribution in [1.29, 1.82) is 0 Å². The molecule has 0 bridgehead atoms. The van der Waals surface area contributed by atoms with Crippen LogP contribution in [0.4, 0.5) is 5.69 Å². The van der Waals surface area contributed by atoms with Crippen LogP contribution in [0.15, 0.2) is 18.2 Å². The molecule has 56 valence electrons. The fraction of sp³-hybridized carbons (Fsp3) is 0.143. The zero-order valence-electron chi connectivity index (χ0n) is 5.95. The van der Waals surface area contributed by atoms with Crippen molar-refractivity contribution in [2.24, 2.45) is 0 Å². The van der Waals surface area contributed by atoms with Gasteiger partial charge in [0.25, 0.3) is 0 Å². The van der Waals surface area contributed by atoms with Crippen LogP contribution in [0.1, 0.15) is 5.56 Å². The summed E-state index contributed by atoms with van der Waals surface area (Å²) < 4.78 is 4.98. The fourth-order valence-electron chi connectivity index (χ4n) is 1.31. The second kappa shape index (κ2) is 2.25. The average molecular weight is 149 g/mol. The molecule has 0 aliphatic carbocycles. The van der Waals surface area contributed by atoms with E-state index in [-0.39, 0.29) is 0 Å². The van der Waals surface area contributed by atoms with Crippen molar-refractivity contribution < 1.29 is 9.68 Å². The minimum atomic E-state index is -0.828. The van der Waals surface area contributed by atoms with Crippen molar-refractivity contribution in [2.45, 2.75) is 6.61 Å². The summed E-state index contributed by atoms with van der Waals surface area (Å²) in [5, 5.41) is 9.26. The Hall–Kier alpha value is -0.995. The van der Waals surface area contributed by atoms with Crippen molar-refractivity contribution in [1.82, 2.24) is 0 Å². The van der Waals surface area contributed by atoms with Gasteiger partial charge in [0, 0.05) is 11.2 Å². The predicted molar refractivity (Wildman–Crippen MR) is 43.3 cm³/mol. The molecule has 0 atom stereocenters. The van der Waals surface area contributed by atoms with Crippen LogP contribution in [0, 0.1) is 0 Å². The third kappa shape index (κ3) is 0.913. The number of fused-ring (bicyclic) bond motifs is 1. The number of nitrogens with two attached hydrogens (primary N) is 1. The normalized spacial score (nSPS) is 15.2. The van der Waals surface area contributed by atoms with E-state index in [0.29, 0.717) is 12.3 Å². The highest BCUT2D eigenvalue weighted by Gasteiger charge is 2.28. The molecule has 1 aromatic carbocycles. The SMILES string of the molecule is Nc1cccc2c1B(O)OC2. The Labute approximate surface area is 64.9 Å². The van der Waals surface area contributed by atoms with E-state index in [0.717, 1.165) is 11.0 Å². The zero-order chi connectivity index (χ0) is 7.84. The van der Waals surface area contributed by atoms with Gasteiger partial charge in [0.2, 0.25) is 0 Å². The van der Waals surface area contributed by atoms with Gasteiger partial charge in [-0.15, -0.1) is 0 Å². The molecule has 2 rings (SSSR count). The van der Waals surface area contributed by atoms with E-state index in [1.807, 2.05) is 12.1 Å². The summed E-state index contributed by atoms with van der Waals surface area (Å²) in [6.45, 7) is 0.460. The molecule has 1 aliphatic heterocycles. The van der Waals surface area contributed by atoms with Crippen LogP contribution in [0.5, 0.6) is 0 Å². The molecule has 0 saturated heterocycles. The maximum atomic E-state index is 9.26. The number of benzene rings is 1. The molecule has 4 heteroatoms. The monoisotopic (exact) mass is 149 g/mol. The standard InChI is InChI=1S/C7H8BNO2/c9-6-3-1-2-5-4-11-8(10)7(5)6/h1-3,10H,4,9H2. The lowest BCUT2D eigenvalue weighted by Crippen LogP contribution is -2.30. The van der Waals surface area contributed by atoms with Crippen molar-refractivity contribution in [3.8, 4) is 0 Å². The number of hydrogen-bond acceptors (Lipinski definition) is 3. The molecule has 0 amide bonds. The maximum Gasteiger partial charge on any atom is 0.493 e. The highest BCUT2D eigenvalue weighted by atomic mass is 16.5. The topological polar surface area (TPSA) is 55.5 Å². The third-order valence-corrected chi connectivity index (χ3v) is 1.87. The van der Waals surface area contributed by atoms with E-state index < -0.39 is 7.12 Å². The van der Waals surface area contributed by atoms with Gasteiger partial charge in [-0.1, -0.05) is 12.1 Å². The Morgan fingerprint density at radius 3 is 3.09 bits per heavy atom. The van der Waals surface area contributed by atoms with Gasteiger partial charge >= 0.3 is 7.12 Å². The summed E-state index contributed by atoms with van der Waals surface area (Å²) in [4.78, 5) is 0. The molecule has 11 heavy (non-hydrogen) atoms. The Kier molecular flexibility index (Phi) is 1.37. The van der Waals surface area contributed by atoms with E-state index >= 15 is 0 Å². The molecule has 3 N–H and O–H groups in total. The lowest BCUT2D eigenvalue weighted by molar-refractivity contribution is 0.275. The van der Waals surface area contributed by atoms with Crippen LogP contribution in [-0.4, -0.2) is 12.1 Å². The van der Waals surface area contributed by atoms with Crippen molar-refractivity contribution >= 4 is 18.3 Å². The van der Waals surface area contributed by atoms with Gasteiger partial charge in [0.05, 0.1) is 6.61 Å². The van der Waals surface area contributed by atoms with Crippen LogP contribution in [-0.2, 0) is 11.3 Å². The molecule has 3 nitrogen and oxygen atoms in total. The summed E-state index contributed by atoms with van der Waals surface area (Å²) in [5.74, 6) is 0. The van der Waals surface area contributed by atoms with E-state index in [1.165, 1.54) is 0 Å². The van der Waals surface area contributed by atoms with E-state index in [9.17, 15) is 5.02 Å². The maximum absolute atomic E-state index is 9.26. The molecule has 1 aromatic rings. The van der Waals surface area contributed by atoms with Gasteiger partial charge in [-0.25, -0.2) is 0 Å². The van der Waals surface area contributed by atoms with Crippen molar-refractivity contribution in [3.63, 3.8) is 0 Å². The second-order valence-corrected chi connectivity index (χ2v) is 2.58. The molecule has 1 heterocycles. The van der Waals surface area contributed by atoms with E-state index in [4.69, 9.17) is 10.4 Å². The molecule has 0 spiro atoms. The first-order valence-electron chi connectivity index (χ1n) is 3.46. The molecule has 0 saturated carbocycles. The van der Waals surface area contributed by atoms with E-state index in [1.54, 1.807) is 6.07 Å². The first-order chi connectivity index (χ1) is 5.29. The van der Waals surface area contributed by atoms with Gasteiger partial charge in [-0.05, 0) is 11.6 Å². The van der Waals surface area contributed by atoms with Crippen LogP contribution < -0.4 is 11.2 Å². The number of hydrogen-bond donors (Lipinski definition) is 2. The Morgan fingerprint density at radius 1 is 1.55 bits per heavy atom. The van der Waals surface area contributed by atoms with Crippen molar-refractivity contribution in [3.05, 3.63) is 23.8 Å². The van der Waals surface area contributed by atoms with Crippen LogP contribution in [0.25, 0.3) is 0 Å². The Morgan fingerprint density at radius 2 is 2.36 bits per heavy atom. The summed E-state index contributed by atoms with van der Waals surface area (Å²) in [7, 11) is -0.828. The molecular weight excluding hydrogens is 141 g/mol. The quantitative estimate of drug-likeness (QED) is 0.385. The fourth-order valence-corrected chi connectivity index (χ4v) is 1.31. The minimum absolute atomic E-state index is 0.460. The summed E-state index contributed by atoms with van der Waals surface area (Å²) in [6, 6.07) is 5.52. The highest BCUT2D eigenvalue weighted by Crippen LogP contribution is 2.13. The largest absolute Gasteiger partial charge is 0.493 e. The van der Waals surface area contributed by atoms with Crippen LogP contribution in [0.2, 0.25) is 0 Å². The summed E-state index contributed by atoms with van der Waals surface area (Å²) >= 11 is 0. The predicted octanol–water partition coefficient (Wildman–Crippen LogP) is -0.514. The highest BCUT2D eigenvalue weighted by molar-refractivity contribution is 6.63. The summed E-state index contributed by atoms with van der Waals surface area (Å²) in [5.41, 5.74) is 7.94. The second-order valence-electron chi connectivity index (χ2n) is 2.58. The molecule has 0 radical (unpaired) electrons. The molecule has 1 aliphatic rings. The zero-order valence-corrected chi connectivity index (χ0v) is 5.95.